The van der Waals surface area contributed by atoms with Crippen molar-refractivity contribution in [3.63, 3.8) is 0 Å². The second kappa shape index (κ2) is 16.3. The van der Waals surface area contributed by atoms with Crippen LogP contribution in [-0.4, -0.2) is 51.1 Å². The van der Waals surface area contributed by atoms with E-state index in [1.165, 1.54) is 63.9 Å². The molecule has 0 heterocycles. The van der Waals surface area contributed by atoms with Crippen molar-refractivity contribution >= 4 is 11.9 Å². The number of carbonyl (C=O) groups is 2. The fourth-order valence-corrected chi connectivity index (χ4v) is 3.62. The molecule has 0 aliphatic carbocycles. The molecule has 7 nitrogen and oxygen atoms in total. The maximum Gasteiger partial charge on any atom is 0.338 e. The Morgan fingerprint density at radius 1 is 0.771 bits per heavy atom. The van der Waals surface area contributed by atoms with Gasteiger partial charge in [0.2, 0.25) is 0 Å². The third-order valence-electron chi connectivity index (χ3n) is 5.62. The van der Waals surface area contributed by atoms with Crippen LogP contribution < -0.4 is 5.73 Å². The molecular weight excluding hydrogens is 446 g/mol. The van der Waals surface area contributed by atoms with Gasteiger partial charge in [0.1, 0.15) is 17.3 Å². The molecule has 3 atom stereocenters. The molecule has 0 rings (SSSR count). The molecule has 0 spiro atoms. The molecule has 0 aromatic rings. The highest BCUT2D eigenvalue weighted by Crippen LogP contribution is 2.23. The first-order chi connectivity index (χ1) is 16.1. The minimum absolute atomic E-state index is 0.695. The van der Waals surface area contributed by atoms with Gasteiger partial charge < -0.3 is 25.4 Å². The molecule has 0 fully saturated rings. The van der Waals surface area contributed by atoms with Crippen molar-refractivity contribution in [2.24, 2.45) is 5.73 Å². The Morgan fingerprint density at radius 2 is 1.20 bits per heavy atom. The molecule has 0 aromatic carbocycles. The predicted octanol–water partition coefficient (Wildman–Crippen LogP) is 5.35. The Bertz CT molecular complexity index is 634. The van der Waals surface area contributed by atoms with E-state index in [4.69, 9.17) is 15.2 Å². The van der Waals surface area contributed by atoms with Crippen LogP contribution in [0.2, 0.25) is 0 Å². The molecule has 4 N–H and O–H groups in total. The number of ether oxygens (including phenoxy) is 2. The highest BCUT2D eigenvalue weighted by molar-refractivity contribution is 5.91. The Morgan fingerprint density at radius 3 is 1.63 bits per heavy atom. The number of esters is 2. The van der Waals surface area contributed by atoms with Crippen molar-refractivity contribution in [2.45, 2.75) is 154 Å². The quantitative estimate of drug-likeness (QED) is 0.140. The Balaban J connectivity index is 4.79. The van der Waals surface area contributed by atoms with Gasteiger partial charge >= 0.3 is 11.9 Å². The van der Waals surface area contributed by atoms with Crippen LogP contribution in [0.4, 0.5) is 0 Å². The number of nitrogens with two attached hydrogens (primary N) is 1. The third-order valence-corrected chi connectivity index (χ3v) is 5.62. The summed E-state index contributed by atoms with van der Waals surface area (Å²) < 4.78 is 10.5. The van der Waals surface area contributed by atoms with E-state index in [9.17, 15) is 19.8 Å². The van der Waals surface area contributed by atoms with E-state index in [0.29, 0.717) is 6.42 Å². The summed E-state index contributed by atoms with van der Waals surface area (Å²) >= 11 is 0. The fourth-order valence-electron chi connectivity index (χ4n) is 3.62. The van der Waals surface area contributed by atoms with Gasteiger partial charge in [0.05, 0.1) is 0 Å². The summed E-state index contributed by atoms with van der Waals surface area (Å²) in [5.41, 5.74) is 1.95. The van der Waals surface area contributed by atoms with Gasteiger partial charge in [0.15, 0.2) is 11.6 Å². The van der Waals surface area contributed by atoms with E-state index in [2.05, 4.69) is 6.92 Å². The van der Waals surface area contributed by atoms with Crippen molar-refractivity contribution < 1.29 is 29.3 Å². The summed E-state index contributed by atoms with van der Waals surface area (Å²) in [6.45, 7) is 12.0. The fraction of sp³-hybridized carbons (Fsp3) is 0.857. The van der Waals surface area contributed by atoms with E-state index in [0.717, 1.165) is 12.8 Å². The summed E-state index contributed by atoms with van der Waals surface area (Å²) in [5, 5.41) is 21.4. The molecule has 7 heteroatoms. The van der Waals surface area contributed by atoms with Crippen LogP contribution in [0.25, 0.3) is 0 Å². The van der Waals surface area contributed by atoms with Gasteiger partial charge in [-0.2, -0.15) is 0 Å². The molecule has 0 amide bonds. The highest BCUT2D eigenvalue weighted by atomic mass is 16.6. The van der Waals surface area contributed by atoms with Crippen LogP contribution in [0.3, 0.4) is 0 Å². The van der Waals surface area contributed by atoms with Crippen molar-refractivity contribution in [3.8, 4) is 0 Å². The monoisotopic (exact) mass is 499 g/mol. The molecule has 0 bridgehead atoms. The van der Waals surface area contributed by atoms with Crippen LogP contribution in [-0.2, 0) is 19.1 Å². The standard InChI is InChI=1S/C28H53NO6/c1-8-9-10-11-12-13-14-15-16-17-18-19-20-21-22(30)28(29,25(33)35-27(5,6)7)23(31)24(32)34-26(2,3)4/h20-23,30-31H,8-19,29H2,1-7H3/t22-,23?,28-/m1/s1. The summed E-state index contributed by atoms with van der Waals surface area (Å²) in [5.74, 6) is -2.17. The Hall–Kier alpha value is -1.44. The summed E-state index contributed by atoms with van der Waals surface area (Å²) in [6, 6.07) is 0. The Labute approximate surface area is 213 Å². The number of aliphatic hydroxyl groups excluding tert-OH is 2. The smallest absolute Gasteiger partial charge is 0.338 e. The van der Waals surface area contributed by atoms with Gasteiger partial charge in [0, 0.05) is 0 Å². The summed E-state index contributed by atoms with van der Waals surface area (Å²) in [7, 11) is 0. The molecule has 0 aliphatic rings. The molecule has 0 aliphatic heterocycles. The van der Waals surface area contributed by atoms with Crippen LogP contribution in [0.1, 0.15) is 126 Å². The second-order valence-electron chi connectivity index (χ2n) is 11.6. The van der Waals surface area contributed by atoms with Gasteiger partial charge in [0.25, 0.3) is 0 Å². The van der Waals surface area contributed by atoms with Gasteiger partial charge in [-0.05, 0) is 54.4 Å². The number of rotatable bonds is 17. The number of hydrogen-bond acceptors (Lipinski definition) is 7. The zero-order valence-electron chi connectivity index (χ0n) is 23.4. The average Bonchev–Trinajstić information content (AvgIpc) is 2.73. The summed E-state index contributed by atoms with van der Waals surface area (Å²) in [4.78, 5) is 25.3. The second-order valence-corrected chi connectivity index (χ2v) is 11.6. The number of unbranched alkanes of at least 4 members (excludes halogenated alkanes) is 11. The molecule has 35 heavy (non-hydrogen) atoms. The van der Waals surface area contributed by atoms with Crippen LogP contribution in [0.5, 0.6) is 0 Å². The number of hydrogen-bond donors (Lipinski definition) is 3. The van der Waals surface area contributed by atoms with Crippen molar-refractivity contribution in [2.75, 3.05) is 0 Å². The maximum absolute atomic E-state index is 12.9. The maximum atomic E-state index is 12.9. The first kappa shape index (κ1) is 33.6. The highest BCUT2D eigenvalue weighted by Gasteiger charge is 2.53. The third kappa shape index (κ3) is 14.6. The number of aliphatic hydroxyl groups is 2. The van der Waals surface area contributed by atoms with Crippen LogP contribution in [0.15, 0.2) is 12.2 Å². The minimum atomic E-state index is -2.40. The van der Waals surface area contributed by atoms with Crippen LogP contribution >= 0.6 is 0 Å². The molecular formula is C28H53NO6. The lowest BCUT2D eigenvalue weighted by molar-refractivity contribution is -0.185. The minimum Gasteiger partial charge on any atom is -0.458 e. The summed E-state index contributed by atoms with van der Waals surface area (Å²) in [6.07, 6.45) is 13.7. The molecule has 0 aromatic heterocycles. The first-order valence-electron chi connectivity index (χ1n) is 13.4. The average molecular weight is 500 g/mol. The molecule has 0 saturated carbocycles. The normalized spacial score (nSPS) is 16.1. The van der Waals surface area contributed by atoms with Gasteiger partial charge in [-0.15, -0.1) is 0 Å². The van der Waals surface area contributed by atoms with Gasteiger partial charge in [-0.3, -0.25) is 0 Å². The van der Waals surface area contributed by atoms with Crippen molar-refractivity contribution in [3.05, 3.63) is 12.2 Å². The molecule has 1 unspecified atom stereocenters. The Kier molecular flexibility index (Phi) is 15.7. The van der Waals surface area contributed by atoms with Gasteiger partial charge in [-0.1, -0.05) is 83.3 Å². The van der Waals surface area contributed by atoms with E-state index in [1.807, 2.05) is 0 Å². The van der Waals surface area contributed by atoms with E-state index >= 15 is 0 Å². The largest absolute Gasteiger partial charge is 0.458 e. The predicted molar refractivity (Wildman–Crippen MR) is 141 cm³/mol. The number of allylic oxidation sites excluding steroid dienone is 1. The first-order valence-corrected chi connectivity index (χ1v) is 13.4. The lowest BCUT2D eigenvalue weighted by Gasteiger charge is -2.36. The lowest BCUT2D eigenvalue weighted by atomic mass is 9.86. The van der Waals surface area contributed by atoms with Crippen LogP contribution in [0, 0.1) is 0 Å². The van der Waals surface area contributed by atoms with E-state index in [-0.39, 0.29) is 0 Å². The molecule has 0 saturated heterocycles. The van der Waals surface area contributed by atoms with Gasteiger partial charge in [-0.25, -0.2) is 9.59 Å². The lowest BCUT2D eigenvalue weighted by Crippen LogP contribution is -2.68. The topological polar surface area (TPSA) is 119 Å². The zero-order valence-corrected chi connectivity index (χ0v) is 23.4. The van der Waals surface area contributed by atoms with Crippen molar-refractivity contribution in [1.29, 1.82) is 0 Å². The molecule has 0 radical (unpaired) electrons. The van der Waals surface area contributed by atoms with Crippen molar-refractivity contribution in [1.82, 2.24) is 0 Å². The van der Waals surface area contributed by atoms with E-state index < -0.39 is 40.9 Å². The zero-order chi connectivity index (χ0) is 27.1. The van der Waals surface area contributed by atoms with E-state index in [1.54, 1.807) is 47.6 Å². The molecule has 206 valence electrons. The SMILES string of the molecule is CCCCCCCCCCCCCC=C[C@@H](O)[C@](N)(C(=O)OC(C)(C)C)C(O)C(=O)OC(C)(C)C. The number of carbonyl (C=O) groups excluding carboxylic acids is 2.